The van der Waals surface area contributed by atoms with Gasteiger partial charge in [-0.2, -0.15) is 0 Å². The molecule has 6 rings (SSSR count). The van der Waals surface area contributed by atoms with E-state index in [0.29, 0.717) is 52.0 Å². The number of halogens is 1. The number of aryl methyl sites for hydroxylation is 2. The first kappa shape index (κ1) is 26.7. The van der Waals surface area contributed by atoms with Crippen molar-refractivity contribution in [1.29, 1.82) is 0 Å². The first-order valence-electron chi connectivity index (χ1n) is 13.5. The molecule has 0 aliphatic carbocycles. The fourth-order valence-electron chi connectivity index (χ4n) is 5.25. The zero-order valence-electron chi connectivity index (χ0n) is 22.9. The molecule has 5 aromatic rings. The van der Waals surface area contributed by atoms with E-state index in [9.17, 15) is 9.59 Å². The van der Waals surface area contributed by atoms with Crippen molar-refractivity contribution in [2.75, 3.05) is 11.5 Å². The standard InChI is InChI=1S/C34H28ClNO5/c1-4-39-29-17-23(13-14-27(29)40-19-22-9-6-5-7-10-22)31-30-32(37)26-15-20(2)21(3)16-28(26)41-33(30)34(38)36(31)25-12-8-11-24(35)18-25/h5-18,31H,4,19H2,1-3H3. The van der Waals surface area contributed by atoms with Crippen molar-refractivity contribution >= 4 is 34.2 Å². The van der Waals surface area contributed by atoms with E-state index in [0.717, 1.165) is 16.7 Å². The second-order valence-corrected chi connectivity index (χ2v) is 10.5. The van der Waals surface area contributed by atoms with Crippen LogP contribution in [0.2, 0.25) is 5.02 Å². The molecule has 206 valence electrons. The first-order valence-corrected chi connectivity index (χ1v) is 13.8. The molecule has 0 fully saturated rings. The lowest BCUT2D eigenvalue weighted by molar-refractivity contribution is 0.0971. The Bertz CT molecular complexity index is 1850. The van der Waals surface area contributed by atoms with E-state index in [-0.39, 0.29) is 16.8 Å². The Morgan fingerprint density at radius 1 is 0.854 bits per heavy atom. The van der Waals surface area contributed by atoms with Crippen molar-refractivity contribution in [1.82, 2.24) is 0 Å². The minimum absolute atomic E-state index is 0.0260. The van der Waals surface area contributed by atoms with E-state index in [1.54, 1.807) is 29.2 Å². The second kappa shape index (κ2) is 10.8. The van der Waals surface area contributed by atoms with Crippen molar-refractivity contribution in [3.8, 4) is 11.5 Å². The molecule has 0 radical (unpaired) electrons. The highest BCUT2D eigenvalue weighted by Crippen LogP contribution is 2.44. The third-order valence-corrected chi connectivity index (χ3v) is 7.63. The van der Waals surface area contributed by atoms with Crippen LogP contribution in [0.4, 0.5) is 5.69 Å². The lowest BCUT2D eigenvalue weighted by Gasteiger charge is -2.26. The zero-order chi connectivity index (χ0) is 28.7. The molecule has 6 nitrogen and oxygen atoms in total. The molecule has 0 bridgehead atoms. The van der Waals surface area contributed by atoms with Gasteiger partial charge in [0.1, 0.15) is 12.2 Å². The molecule has 1 aliphatic heterocycles. The highest BCUT2D eigenvalue weighted by atomic mass is 35.5. The maximum absolute atomic E-state index is 14.1. The van der Waals surface area contributed by atoms with Gasteiger partial charge in [-0.15, -0.1) is 0 Å². The number of benzene rings is 4. The number of rotatable bonds is 7. The van der Waals surface area contributed by atoms with Gasteiger partial charge in [0.05, 0.1) is 23.6 Å². The SMILES string of the molecule is CCOc1cc(C2c3c(oc4cc(C)c(C)cc4c3=O)C(=O)N2c2cccc(Cl)c2)ccc1OCc1ccccc1. The predicted molar refractivity (Wildman–Crippen MR) is 160 cm³/mol. The largest absolute Gasteiger partial charge is 0.490 e. The smallest absolute Gasteiger partial charge is 0.295 e. The van der Waals surface area contributed by atoms with Crippen LogP contribution < -0.4 is 19.8 Å². The van der Waals surface area contributed by atoms with E-state index in [1.165, 1.54) is 0 Å². The fraction of sp³-hybridized carbons (Fsp3) is 0.176. The summed E-state index contributed by atoms with van der Waals surface area (Å²) in [6, 6.07) is 25.3. The third-order valence-electron chi connectivity index (χ3n) is 7.39. The Labute approximate surface area is 242 Å². The number of carbonyl (C=O) groups is 1. The molecule has 0 N–H and O–H groups in total. The number of amides is 1. The molecule has 1 aliphatic rings. The number of hydrogen-bond acceptors (Lipinski definition) is 5. The topological polar surface area (TPSA) is 69.0 Å². The van der Waals surface area contributed by atoms with Gasteiger partial charge in [-0.3, -0.25) is 14.5 Å². The van der Waals surface area contributed by atoms with Crippen LogP contribution >= 0.6 is 11.6 Å². The van der Waals surface area contributed by atoms with Gasteiger partial charge < -0.3 is 13.9 Å². The minimum atomic E-state index is -0.763. The Morgan fingerprint density at radius 3 is 2.39 bits per heavy atom. The van der Waals surface area contributed by atoms with Crippen LogP contribution in [0.1, 0.15) is 51.3 Å². The van der Waals surface area contributed by atoms with Crippen molar-refractivity contribution < 1.29 is 18.7 Å². The molecule has 0 saturated heterocycles. The zero-order valence-corrected chi connectivity index (χ0v) is 23.7. The summed E-state index contributed by atoms with van der Waals surface area (Å²) in [5.74, 6) is 0.699. The van der Waals surface area contributed by atoms with Crippen LogP contribution in [0, 0.1) is 13.8 Å². The first-order chi connectivity index (χ1) is 19.9. The second-order valence-electron chi connectivity index (χ2n) is 10.1. The molecular weight excluding hydrogens is 538 g/mol. The summed E-state index contributed by atoms with van der Waals surface area (Å²) < 4.78 is 18.3. The number of fused-ring (bicyclic) bond motifs is 2. The molecule has 1 unspecified atom stereocenters. The normalized spacial score (nSPS) is 14.4. The summed E-state index contributed by atoms with van der Waals surface area (Å²) in [5.41, 5.74) is 4.63. The maximum atomic E-state index is 14.1. The maximum Gasteiger partial charge on any atom is 0.295 e. The van der Waals surface area contributed by atoms with Gasteiger partial charge in [0, 0.05) is 10.7 Å². The quantitative estimate of drug-likeness (QED) is 0.201. The van der Waals surface area contributed by atoms with Crippen LogP contribution in [0.25, 0.3) is 11.0 Å². The van der Waals surface area contributed by atoms with Crippen LogP contribution in [0.3, 0.4) is 0 Å². The van der Waals surface area contributed by atoms with Crippen molar-refractivity contribution in [3.63, 3.8) is 0 Å². The van der Waals surface area contributed by atoms with E-state index in [2.05, 4.69) is 0 Å². The Hall–Kier alpha value is -4.55. The van der Waals surface area contributed by atoms with Gasteiger partial charge in [0.25, 0.3) is 5.91 Å². The summed E-state index contributed by atoms with van der Waals surface area (Å²) in [6.45, 7) is 6.57. The van der Waals surface area contributed by atoms with Crippen molar-refractivity contribution in [2.24, 2.45) is 0 Å². The molecule has 7 heteroatoms. The highest BCUT2D eigenvalue weighted by Gasteiger charge is 2.44. The lowest BCUT2D eigenvalue weighted by atomic mass is 9.97. The average Bonchev–Trinajstić information content (AvgIpc) is 3.26. The summed E-state index contributed by atoms with van der Waals surface area (Å²) in [6.07, 6.45) is 0. The van der Waals surface area contributed by atoms with Gasteiger partial charge >= 0.3 is 0 Å². The lowest BCUT2D eigenvalue weighted by Crippen LogP contribution is -2.29. The van der Waals surface area contributed by atoms with E-state index in [1.807, 2.05) is 81.4 Å². The van der Waals surface area contributed by atoms with Gasteiger partial charge in [-0.25, -0.2) is 0 Å². The fourth-order valence-corrected chi connectivity index (χ4v) is 5.44. The minimum Gasteiger partial charge on any atom is -0.490 e. The molecule has 1 aromatic heterocycles. The van der Waals surface area contributed by atoms with Gasteiger partial charge in [-0.05, 0) is 85.5 Å². The van der Waals surface area contributed by atoms with Crippen molar-refractivity contribution in [3.05, 3.63) is 134 Å². The summed E-state index contributed by atoms with van der Waals surface area (Å²) in [5, 5.41) is 0.908. The molecular formula is C34H28ClNO5. The third kappa shape index (κ3) is 4.85. The van der Waals surface area contributed by atoms with Crippen LogP contribution in [-0.2, 0) is 6.61 Å². The number of carbonyl (C=O) groups excluding carboxylic acids is 1. The molecule has 1 amide bonds. The van der Waals surface area contributed by atoms with Crippen molar-refractivity contribution in [2.45, 2.75) is 33.4 Å². The highest BCUT2D eigenvalue weighted by molar-refractivity contribution is 6.31. The van der Waals surface area contributed by atoms with Crippen LogP contribution in [-0.4, -0.2) is 12.5 Å². The van der Waals surface area contributed by atoms with Gasteiger partial charge in [0.15, 0.2) is 16.9 Å². The van der Waals surface area contributed by atoms with Crippen LogP contribution in [0.5, 0.6) is 11.5 Å². The average molecular weight is 566 g/mol. The van der Waals surface area contributed by atoms with Crippen LogP contribution in [0.15, 0.2) is 94.1 Å². The van der Waals surface area contributed by atoms with E-state index in [4.69, 9.17) is 25.5 Å². The monoisotopic (exact) mass is 565 g/mol. The number of ether oxygens (including phenoxy) is 2. The number of anilines is 1. The molecule has 4 aromatic carbocycles. The number of nitrogens with zero attached hydrogens (tertiary/aromatic N) is 1. The molecule has 0 saturated carbocycles. The molecule has 0 spiro atoms. The summed E-state index contributed by atoms with van der Waals surface area (Å²) >= 11 is 6.34. The van der Waals surface area contributed by atoms with Gasteiger partial charge in [-0.1, -0.05) is 54.1 Å². The van der Waals surface area contributed by atoms with Gasteiger partial charge in [0.2, 0.25) is 5.76 Å². The summed E-state index contributed by atoms with van der Waals surface area (Å²) in [4.78, 5) is 29.6. The van der Waals surface area contributed by atoms with E-state index < -0.39 is 11.9 Å². The Morgan fingerprint density at radius 2 is 1.63 bits per heavy atom. The summed E-state index contributed by atoms with van der Waals surface area (Å²) in [7, 11) is 0. The Balaban J connectivity index is 1.52. The molecule has 41 heavy (non-hydrogen) atoms. The molecule has 1 atom stereocenters. The Kier molecular flexibility index (Phi) is 7.01. The predicted octanol–water partition coefficient (Wildman–Crippen LogP) is 7.79. The van der Waals surface area contributed by atoms with E-state index >= 15 is 0 Å². The molecule has 2 heterocycles. The number of hydrogen-bond donors (Lipinski definition) is 0.